The lowest BCUT2D eigenvalue weighted by atomic mass is 9.96. The number of para-hydroxylation sites is 3. The van der Waals surface area contributed by atoms with Crippen LogP contribution in [0.1, 0.15) is 11.1 Å². The van der Waals surface area contributed by atoms with E-state index in [2.05, 4.69) is 114 Å². The van der Waals surface area contributed by atoms with Crippen molar-refractivity contribution in [2.45, 2.75) is 18.9 Å². The fourth-order valence-electron chi connectivity index (χ4n) is 7.56. The molecule has 0 saturated heterocycles. The first-order valence-electron chi connectivity index (χ1n) is 14.7. The van der Waals surface area contributed by atoms with Crippen LogP contribution in [0.5, 0.6) is 0 Å². The number of benzene rings is 6. The van der Waals surface area contributed by atoms with E-state index in [1.165, 1.54) is 60.7 Å². The molecular formula is C39H25NO2. The van der Waals surface area contributed by atoms with Crippen molar-refractivity contribution in [3.05, 3.63) is 132 Å². The highest BCUT2D eigenvalue weighted by atomic mass is 16.3. The molecule has 0 aliphatic carbocycles. The first kappa shape index (κ1) is 22.4. The predicted molar refractivity (Wildman–Crippen MR) is 172 cm³/mol. The van der Waals surface area contributed by atoms with Gasteiger partial charge in [-0.1, -0.05) is 84.9 Å². The van der Waals surface area contributed by atoms with Crippen LogP contribution in [-0.4, -0.2) is 6.04 Å². The Balaban J connectivity index is 1.08. The third-order valence-corrected chi connectivity index (χ3v) is 9.39. The molecule has 3 heteroatoms. The van der Waals surface area contributed by atoms with Crippen LogP contribution in [0.15, 0.2) is 130 Å². The molecule has 0 fully saturated rings. The van der Waals surface area contributed by atoms with Gasteiger partial charge in [-0.05, 0) is 77.1 Å². The lowest BCUT2D eigenvalue weighted by Gasteiger charge is -2.21. The minimum absolute atomic E-state index is 0.452. The second-order valence-corrected chi connectivity index (χ2v) is 11.7. The van der Waals surface area contributed by atoms with Crippen LogP contribution in [-0.2, 0) is 12.8 Å². The minimum atomic E-state index is 0.452. The fraction of sp³-hybridized carbons (Fsp3) is 0.0769. The summed E-state index contributed by atoms with van der Waals surface area (Å²) < 4.78 is 12.6. The van der Waals surface area contributed by atoms with E-state index < -0.39 is 0 Å². The van der Waals surface area contributed by atoms with Gasteiger partial charge in [0.05, 0.1) is 0 Å². The maximum Gasteiger partial charge on any atom is 0.143 e. The topological polar surface area (TPSA) is 29.5 Å². The summed E-state index contributed by atoms with van der Waals surface area (Å²) in [6.45, 7) is 0. The molecular weight excluding hydrogens is 514 g/mol. The van der Waals surface area contributed by atoms with Crippen LogP contribution in [0.25, 0.3) is 66.1 Å². The van der Waals surface area contributed by atoms with Crippen molar-refractivity contribution >= 4 is 55.3 Å². The molecule has 0 spiro atoms. The number of fused-ring (bicyclic) bond motifs is 11. The van der Waals surface area contributed by atoms with E-state index >= 15 is 0 Å². The minimum Gasteiger partial charge on any atom is -0.456 e. The maximum atomic E-state index is 6.37. The van der Waals surface area contributed by atoms with E-state index in [4.69, 9.17) is 8.83 Å². The molecule has 1 unspecified atom stereocenters. The first-order valence-corrected chi connectivity index (χ1v) is 14.7. The largest absolute Gasteiger partial charge is 0.456 e. The molecule has 8 aromatic rings. The molecule has 0 radical (unpaired) electrons. The van der Waals surface area contributed by atoms with Gasteiger partial charge in [-0.2, -0.15) is 0 Å². The standard InChI is InChI=1S/C39H25NO2/c1-3-12-35-30(7-1)31-11-5-10-29(39(31)42-35)23-17-18-33-26(19-23)21-27-20-25-16-15-24(22-34(25)40(27)33)28-9-6-14-37-38(28)32-8-2-4-13-36(32)41-37/h1-19,22,27H,20-21H2. The van der Waals surface area contributed by atoms with Gasteiger partial charge < -0.3 is 13.7 Å². The molecule has 0 bridgehead atoms. The quantitative estimate of drug-likeness (QED) is 0.219. The van der Waals surface area contributed by atoms with Gasteiger partial charge in [0, 0.05) is 44.5 Å². The van der Waals surface area contributed by atoms with Crippen molar-refractivity contribution in [1.29, 1.82) is 0 Å². The fourth-order valence-corrected chi connectivity index (χ4v) is 7.56. The van der Waals surface area contributed by atoms with Crippen LogP contribution in [0, 0.1) is 0 Å². The lowest BCUT2D eigenvalue weighted by Crippen LogP contribution is -2.22. The Morgan fingerprint density at radius 1 is 0.500 bits per heavy atom. The Kier molecular flexibility index (Phi) is 4.35. The van der Waals surface area contributed by atoms with Crippen LogP contribution < -0.4 is 4.90 Å². The third-order valence-electron chi connectivity index (χ3n) is 9.39. The van der Waals surface area contributed by atoms with E-state index in [1.54, 1.807) is 0 Å². The van der Waals surface area contributed by atoms with Gasteiger partial charge in [-0.25, -0.2) is 0 Å². The van der Waals surface area contributed by atoms with E-state index in [0.29, 0.717) is 6.04 Å². The monoisotopic (exact) mass is 539 g/mol. The number of furan rings is 2. The third kappa shape index (κ3) is 3.00. The summed E-state index contributed by atoms with van der Waals surface area (Å²) in [6, 6.07) is 44.0. The molecule has 6 aromatic carbocycles. The van der Waals surface area contributed by atoms with Crippen molar-refractivity contribution in [2.24, 2.45) is 0 Å². The average molecular weight is 540 g/mol. The van der Waals surface area contributed by atoms with Crippen LogP contribution in [0.2, 0.25) is 0 Å². The number of rotatable bonds is 2. The maximum absolute atomic E-state index is 6.37. The number of nitrogens with zero attached hydrogens (tertiary/aromatic N) is 1. The van der Waals surface area contributed by atoms with E-state index in [-0.39, 0.29) is 0 Å². The molecule has 4 heterocycles. The summed E-state index contributed by atoms with van der Waals surface area (Å²) in [5, 5.41) is 4.70. The zero-order chi connectivity index (χ0) is 27.4. The number of hydrogen-bond donors (Lipinski definition) is 0. The van der Waals surface area contributed by atoms with Gasteiger partial charge >= 0.3 is 0 Å². The van der Waals surface area contributed by atoms with Gasteiger partial charge in [0.1, 0.15) is 22.3 Å². The highest BCUT2D eigenvalue weighted by Gasteiger charge is 2.37. The molecule has 42 heavy (non-hydrogen) atoms. The molecule has 198 valence electrons. The molecule has 0 saturated carbocycles. The molecule has 0 N–H and O–H groups in total. The highest BCUT2D eigenvalue weighted by Crippen LogP contribution is 2.49. The first-order chi connectivity index (χ1) is 20.8. The SMILES string of the molecule is c1ccc2c(c1)oc1c(-c3ccc4c(c3)CC3Cc5ccc(-c6cccc7oc8ccccc8c67)cc5N43)cccc12. The Hall–Kier alpha value is -5.28. The second-order valence-electron chi connectivity index (χ2n) is 11.7. The van der Waals surface area contributed by atoms with Gasteiger partial charge in [0.25, 0.3) is 0 Å². The summed E-state index contributed by atoms with van der Waals surface area (Å²) in [7, 11) is 0. The van der Waals surface area contributed by atoms with Gasteiger partial charge in [-0.3, -0.25) is 0 Å². The van der Waals surface area contributed by atoms with Crippen LogP contribution in [0.3, 0.4) is 0 Å². The Morgan fingerprint density at radius 2 is 1.19 bits per heavy atom. The number of hydrogen-bond acceptors (Lipinski definition) is 3. The summed E-state index contributed by atoms with van der Waals surface area (Å²) in [5.41, 5.74) is 14.1. The van der Waals surface area contributed by atoms with Crippen LogP contribution in [0.4, 0.5) is 11.4 Å². The Morgan fingerprint density at radius 3 is 2.12 bits per heavy atom. The molecule has 10 rings (SSSR count). The van der Waals surface area contributed by atoms with Crippen molar-refractivity contribution in [2.75, 3.05) is 4.90 Å². The zero-order valence-electron chi connectivity index (χ0n) is 22.8. The zero-order valence-corrected chi connectivity index (χ0v) is 22.8. The number of anilines is 2. The summed E-state index contributed by atoms with van der Waals surface area (Å²) >= 11 is 0. The summed E-state index contributed by atoms with van der Waals surface area (Å²) in [6.07, 6.45) is 2.11. The van der Waals surface area contributed by atoms with Crippen molar-refractivity contribution in [3.63, 3.8) is 0 Å². The Labute approximate surface area is 242 Å². The average Bonchev–Trinajstić information content (AvgIpc) is 3.78. The molecule has 1 atom stereocenters. The van der Waals surface area contributed by atoms with Gasteiger partial charge in [0.2, 0.25) is 0 Å². The van der Waals surface area contributed by atoms with E-state index in [9.17, 15) is 0 Å². The van der Waals surface area contributed by atoms with Crippen LogP contribution >= 0.6 is 0 Å². The Bertz CT molecular complexity index is 2390. The summed E-state index contributed by atoms with van der Waals surface area (Å²) in [5.74, 6) is 0. The summed E-state index contributed by atoms with van der Waals surface area (Å²) in [4.78, 5) is 2.58. The van der Waals surface area contributed by atoms with Crippen molar-refractivity contribution < 1.29 is 8.83 Å². The van der Waals surface area contributed by atoms with Crippen molar-refractivity contribution in [3.8, 4) is 22.3 Å². The molecule has 0 amide bonds. The predicted octanol–water partition coefficient (Wildman–Crippen LogP) is 10.4. The second kappa shape index (κ2) is 8.14. The smallest absolute Gasteiger partial charge is 0.143 e. The molecule has 3 nitrogen and oxygen atoms in total. The van der Waals surface area contributed by atoms with E-state index in [0.717, 1.165) is 40.7 Å². The van der Waals surface area contributed by atoms with Gasteiger partial charge in [0.15, 0.2) is 0 Å². The van der Waals surface area contributed by atoms with E-state index in [1.807, 2.05) is 12.1 Å². The van der Waals surface area contributed by atoms with Crippen molar-refractivity contribution in [1.82, 2.24) is 0 Å². The molecule has 2 aliphatic heterocycles. The highest BCUT2D eigenvalue weighted by molar-refractivity contribution is 6.13. The lowest BCUT2D eigenvalue weighted by molar-refractivity contribution is 0.669. The molecule has 2 aromatic heterocycles. The van der Waals surface area contributed by atoms with Gasteiger partial charge in [-0.15, -0.1) is 0 Å². The molecule has 2 aliphatic rings. The normalized spacial score (nSPS) is 15.6.